The molecule has 1 aliphatic rings. The Morgan fingerprint density at radius 3 is 3.00 bits per heavy atom. The van der Waals surface area contributed by atoms with Gasteiger partial charge in [0.1, 0.15) is 11.4 Å². The van der Waals surface area contributed by atoms with Crippen LogP contribution in [0.5, 0.6) is 0 Å². The third-order valence-corrected chi connectivity index (χ3v) is 5.05. The number of aryl methyl sites for hydroxylation is 1. The summed E-state index contributed by atoms with van der Waals surface area (Å²) >= 11 is 4.82. The van der Waals surface area contributed by atoms with E-state index in [0.29, 0.717) is 48.8 Å². The number of halogens is 1. The molecule has 8 heteroatoms. The Kier molecular flexibility index (Phi) is 5.66. The van der Waals surface area contributed by atoms with Gasteiger partial charge in [0, 0.05) is 33.0 Å². The van der Waals surface area contributed by atoms with Gasteiger partial charge in [-0.1, -0.05) is 0 Å². The van der Waals surface area contributed by atoms with Crippen LogP contribution < -0.4 is 5.32 Å². The van der Waals surface area contributed by atoms with Crippen LogP contribution >= 0.6 is 11.6 Å². The summed E-state index contributed by atoms with van der Waals surface area (Å²) in [6.45, 7) is 3.23. The number of hydrogen-bond acceptors (Lipinski definition) is 5. The third kappa shape index (κ3) is 3.99. The van der Waals surface area contributed by atoms with E-state index in [0.717, 1.165) is 5.69 Å². The molecule has 0 bridgehead atoms. The number of anilines is 1. The molecule has 1 unspecified atom stereocenters. The van der Waals surface area contributed by atoms with E-state index in [9.17, 15) is 9.35 Å². The highest BCUT2D eigenvalue weighted by atomic mass is 35.5. The van der Waals surface area contributed by atoms with E-state index >= 15 is 0 Å². The molecule has 0 saturated heterocycles. The SMILES string of the molecule is CCN(C)C(=O)CCCNc1nc(Cl)nc2c1[S+]([O-])CC2. The lowest BCUT2D eigenvalue weighted by atomic mass is 10.2. The Morgan fingerprint density at radius 1 is 1.52 bits per heavy atom. The topological polar surface area (TPSA) is 81.2 Å². The van der Waals surface area contributed by atoms with E-state index in [1.807, 2.05) is 6.92 Å². The van der Waals surface area contributed by atoms with Gasteiger partial charge >= 0.3 is 0 Å². The van der Waals surface area contributed by atoms with Crippen molar-refractivity contribution >= 4 is 34.5 Å². The van der Waals surface area contributed by atoms with Gasteiger partial charge in [-0.05, 0) is 36.1 Å². The van der Waals surface area contributed by atoms with E-state index in [1.165, 1.54) is 0 Å². The number of aromatic nitrogens is 2. The van der Waals surface area contributed by atoms with E-state index < -0.39 is 11.2 Å². The van der Waals surface area contributed by atoms with Crippen molar-refractivity contribution in [2.24, 2.45) is 0 Å². The molecule has 116 valence electrons. The van der Waals surface area contributed by atoms with Gasteiger partial charge in [-0.15, -0.1) is 0 Å². The van der Waals surface area contributed by atoms with Gasteiger partial charge in [0.2, 0.25) is 16.1 Å². The predicted molar refractivity (Wildman–Crippen MR) is 83.1 cm³/mol. The van der Waals surface area contributed by atoms with Gasteiger partial charge < -0.3 is 14.8 Å². The molecule has 6 nitrogen and oxygen atoms in total. The number of nitrogens with zero attached hydrogens (tertiary/aromatic N) is 3. The first-order valence-corrected chi connectivity index (χ1v) is 8.65. The average Bonchev–Trinajstić information content (AvgIpc) is 2.83. The van der Waals surface area contributed by atoms with Crippen LogP contribution in [0.15, 0.2) is 4.90 Å². The number of amides is 1. The zero-order chi connectivity index (χ0) is 15.4. The van der Waals surface area contributed by atoms with E-state index in [1.54, 1.807) is 11.9 Å². The lowest BCUT2D eigenvalue weighted by Crippen LogP contribution is -2.26. The van der Waals surface area contributed by atoms with Gasteiger partial charge in [-0.3, -0.25) is 4.79 Å². The number of hydrogen-bond donors (Lipinski definition) is 1. The minimum absolute atomic E-state index is 0.119. The fourth-order valence-electron chi connectivity index (χ4n) is 2.10. The standard InChI is InChI=1S/C13H19ClN4O2S/c1-3-18(2)10(19)5-4-7-15-12-11-9(6-8-21(11)20)16-13(14)17-12/h3-8H2,1-2H3,(H,15,16,17). The summed E-state index contributed by atoms with van der Waals surface area (Å²) in [6.07, 6.45) is 1.83. The lowest BCUT2D eigenvalue weighted by Gasteiger charge is -2.14. The van der Waals surface area contributed by atoms with E-state index in [4.69, 9.17) is 11.6 Å². The summed E-state index contributed by atoms with van der Waals surface area (Å²) < 4.78 is 12.0. The smallest absolute Gasteiger partial charge is 0.224 e. The molecular formula is C13H19ClN4O2S. The van der Waals surface area contributed by atoms with Crippen LogP contribution in [0.4, 0.5) is 5.82 Å². The molecule has 0 aliphatic carbocycles. The molecule has 1 aliphatic heterocycles. The van der Waals surface area contributed by atoms with Crippen molar-refractivity contribution < 1.29 is 9.35 Å². The third-order valence-electron chi connectivity index (χ3n) is 3.42. The van der Waals surface area contributed by atoms with Gasteiger partial charge in [-0.2, -0.15) is 4.98 Å². The van der Waals surface area contributed by atoms with Crippen LogP contribution in [-0.4, -0.2) is 51.2 Å². The summed E-state index contributed by atoms with van der Waals surface area (Å²) in [4.78, 5) is 22.3. The second-order valence-corrected chi connectivity index (χ2v) is 6.70. The Balaban J connectivity index is 1.91. The maximum atomic E-state index is 12.0. The summed E-state index contributed by atoms with van der Waals surface area (Å²) in [5, 5.41) is 3.29. The molecule has 2 rings (SSSR count). The molecule has 2 heterocycles. The first-order chi connectivity index (χ1) is 10.0. The van der Waals surface area contributed by atoms with Gasteiger partial charge in [0.15, 0.2) is 5.82 Å². The highest BCUT2D eigenvalue weighted by Gasteiger charge is 2.31. The number of rotatable bonds is 6. The molecule has 21 heavy (non-hydrogen) atoms. The van der Waals surface area contributed by atoms with Crippen molar-refractivity contribution in [2.45, 2.75) is 31.1 Å². The van der Waals surface area contributed by atoms with Gasteiger partial charge in [0.05, 0.1) is 0 Å². The van der Waals surface area contributed by atoms with Crippen LogP contribution in [0.1, 0.15) is 25.5 Å². The van der Waals surface area contributed by atoms with Crippen LogP contribution in [0, 0.1) is 0 Å². The molecule has 0 aromatic carbocycles. The maximum absolute atomic E-state index is 12.0. The number of carbonyl (C=O) groups excluding carboxylic acids is 1. The van der Waals surface area contributed by atoms with Crippen molar-refractivity contribution in [3.8, 4) is 0 Å². The Labute approximate surface area is 132 Å². The molecule has 1 amide bonds. The Morgan fingerprint density at radius 2 is 2.29 bits per heavy atom. The maximum Gasteiger partial charge on any atom is 0.224 e. The lowest BCUT2D eigenvalue weighted by molar-refractivity contribution is -0.129. The molecule has 1 aromatic heterocycles. The van der Waals surface area contributed by atoms with Crippen molar-refractivity contribution in [1.82, 2.24) is 14.9 Å². The first-order valence-electron chi connectivity index (χ1n) is 6.95. The molecular weight excluding hydrogens is 312 g/mol. The highest BCUT2D eigenvalue weighted by molar-refractivity contribution is 7.91. The fourth-order valence-corrected chi connectivity index (χ4v) is 3.61. The minimum atomic E-state index is -1.06. The van der Waals surface area contributed by atoms with Crippen LogP contribution in [-0.2, 0) is 22.4 Å². The van der Waals surface area contributed by atoms with Gasteiger partial charge in [-0.25, -0.2) is 4.98 Å². The zero-order valence-corrected chi connectivity index (χ0v) is 13.8. The Hall–Kier alpha value is -1.05. The van der Waals surface area contributed by atoms with Crippen molar-refractivity contribution in [1.29, 1.82) is 0 Å². The van der Waals surface area contributed by atoms with Crippen molar-refractivity contribution in [3.05, 3.63) is 11.0 Å². The zero-order valence-electron chi connectivity index (χ0n) is 12.2. The molecule has 0 fully saturated rings. The molecule has 1 N–H and O–H groups in total. The second-order valence-electron chi connectivity index (χ2n) is 4.85. The quantitative estimate of drug-likeness (QED) is 0.485. The average molecular weight is 331 g/mol. The summed E-state index contributed by atoms with van der Waals surface area (Å²) in [7, 11) is 1.79. The molecule has 0 radical (unpaired) electrons. The van der Waals surface area contributed by atoms with Crippen molar-refractivity contribution in [3.63, 3.8) is 0 Å². The first kappa shape index (κ1) is 16.3. The summed E-state index contributed by atoms with van der Waals surface area (Å²) in [5.74, 6) is 1.23. The van der Waals surface area contributed by atoms with E-state index in [-0.39, 0.29) is 11.2 Å². The second kappa shape index (κ2) is 7.29. The van der Waals surface area contributed by atoms with Crippen LogP contribution in [0.25, 0.3) is 0 Å². The fraction of sp³-hybridized carbons (Fsp3) is 0.615. The van der Waals surface area contributed by atoms with E-state index in [2.05, 4.69) is 15.3 Å². The normalized spacial score (nSPS) is 16.7. The Bertz CT molecular complexity index is 529. The van der Waals surface area contributed by atoms with Gasteiger partial charge in [0.25, 0.3) is 0 Å². The number of carbonyl (C=O) groups is 1. The number of nitrogens with one attached hydrogen (secondary N) is 1. The predicted octanol–water partition coefficient (Wildman–Crippen LogP) is 1.46. The molecule has 1 atom stereocenters. The largest absolute Gasteiger partial charge is 0.611 e. The van der Waals surface area contributed by atoms with Crippen LogP contribution in [0.3, 0.4) is 0 Å². The summed E-state index contributed by atoms with van der Waals surface area (Å²) in [5.41, 5.74) is 0.762. The minimum Gasteiger partial charge on any atom is -0.611 e. The highest BCUT2D eigenvalue weighted by Crippen LogP contribution is 2.31. The monoisotopic (exact) mass is 330 g/mol. The molecule has 1 aromatic rings. The molecule has 0 saturated carbocycles. The number of fused-ring (bicyclic) bond motifs is 1. The van der Waals surface area contributed by atoms with Crippen molar-refractivity contribution in [2.75, 3.05) is 31.2 Å². The van der Waals surface area contributed by atoms with Crippen LogP contribution in [0.2, 0.25) is 5.28 Å². The summed E-state index contributed by atoms with van der Waals surface area (Å²) in [6, 6.07) is 0. The molecule has 0 spiro atoms.